The minimum Gasteiger partial charge on any atom is -0.480 e. The van der Waals surface area contributed by atoms with Gasteiger partial charge in [0.15, 0.2) is 0 Å². The lowest BCUT2D eigenvalue weighted by Gasteiger charge is -2.26. The third-order valence-corrected chi connectivity index (χ3v) is 5.54. The number of fused-ring (bicyclic) bond motifs is 3. The Bertz CT molecular complexity index is 831. The van der Waals surface area contributed by atoms with Crippen LogP contribution in [-0.2, 0) is 9.53 Å². The summed E-state index contributed by atoms with van der Waals surface area (Å²) in [6, 6.07) is 16.2. The van der Waals surface area contributed by atoms with Crippen LogP contribution in [0.3, 0.4) is 0 Å². The second-order valence-corrected chi connectivity index (χ2v) is 7.23. The molecule has 0 spiro atoms. The van der Waals surface area contributed by atoms with E-state index in [1.807, 2.05) is 36.4 Å². The highest BCUT2D eigenvalue weighted by Crippen LogP contribution is 2.44. The van der Waals surface area contributed by atoms with Gasteiger partial charge in [-0.05, 0) is 47.9 Å². The molecule has 1 atom stereocenters. The Kier molecular flexibility index (Phi) is 4.93. The zero-order valence-corrected chi connectivity index (χ0v) is 15.1. The second kappa shape index (κ2) is 7.04. The van der Waals surface area contributed by atoms with E-state index in [1.54, 1.807) is 6.92 Å². The Morgan fingerprint density at radius 1 is 1.07 bits per heavy atom. The summed E-state index contributed by atoms with van der Waals surface area (Å²) < 4.78 is 5.45. The van der Waals surface area contributed by atoms with Crippen molar-refractivity contribution in [2.75, 3.05) is 6.61 Å². The number of hydrogen-bond donors (Lipinski definition) is 2. The molecule has 6 heteroatoms. The van der Waals surface area contributed by atoms with E-state index < -0.39 is 17.6 Å². The molecule has 0 heterocycles. The number of rotatable bonds is 5. The van der Waals surface area contributed by atoms with Crippen LogP contribution in [0.2, 0.25) is 0 Å². The highest BCUT2D eigenvalue weighted by molar-refractivity contribution is 5.85. The third-order valence-electron chi connectivity index (χ3n) is 5.54. The van der Waals surface area contributed by atoms with Crippen molar-refractivity contribution in [3.05, 3.63) is 59.7 Å². The van der Waals surface area contributed by atoms with Crippen LogP contribution in [0.25, 0.3) is 11.1 Å². The van der Waals surface area contributed by atoms with Gasteiger partial charge in [0.05, 0.1) is 0 Å². The molecule has 0 radical (unpaired) electrons. The molecule has 1 amide bonds. The molecule has 1 unspecified atom stereocenters. The number of carboxylic acid groups (broad SMARTS) is 1. The number of aliphatic carboxylic acids is 1. The molecular weight excluding hydrogens is 346 g/mol. The molecule has 2 aromatic carbocycles. The van der Waals surface area contributed by atoms with E-state index in [0.717, 1.165) is 35.1 Å². The van der Waals surface area contributed by atoms with E-state index in [4.69, 9.17) is 4.74 Å². The average molecular weight is 369 g/mol. The van der Waals surface area contributed by atoms with Crippen LogP contribution in [-0.4, -0.2) is 34.8 Å². The molecule has 4 N–H and O–H groups in total. The van der Waals surface area contributed by atoms with Crippen LogP contribution in [0.5, 0.6) is 0 Å². The monoisotopic (exact) mass is 369 g/mol. The van der Waals surface area contributed by atoms with Crippen LogP contribution in [0, 0.1) is 5.92 Å². The van der Waals surface area contributed by atoms with Gasteiger partial charge < -0.3 is 20.6 Å². The fourth-order valence-electron chi connectivity index (χ4n) is 3.84. The molecule has 27 heavy (non-hydrogen) atoms. The standard InChI is InChI=1S/C21H21NO4.H2O/c1-21(19(23)24,13-10-11-13)22-20(25)26-12-18-16-8-4-2-6-14(16)15-7-3-5-9-17(15)18;/h2-9,13,18H,10-12H2,1H3,(H,22,25)(H,23,24);1H2. The van der Waals surface area contributed by atoms with Gasteiger partial charge in [-0.3, -0.25) is 0 Å². The first-order chi connectivity index (χ1) is 12.5. The van der Waals surface area contributed by atoms with Crippen molar-refractivity contribution in [1.82, 2.24) is 5.32 Å². The van der Waals surface area contributed by atoms with Gasteiger partial charge in [-0.2, -0.15) is 0 Å². The molecule has 1 saturated carbocycles. The summed E-state index contributed by atoms with van der Waals surface area (Å²) in [5.41, 5.74) is 3.31. The maximum absolute atomic E-state index is 12.3. The van der Waals surface area contributed by atoms with Gasteiger partial charge in [0.25, 0.3) is 0 Å². The molecule has 0 aromatic heterocycles. The van der Waals surface area contributed by atoms with E-state index >= 15 is 0 Å². The van der Waals surface area contributed by atoms with Gasteiger partial charge in [0, 0.05) is 5.92 Å². The van der Waals surface area contributed by atoms with Gasteiger partial charge in [-0.15, -0.1) is 0 Å². The molecule has 0 saturated heterocycles. The number of hydrogen-bond acceptors (Lipinski definition) is 3. The van der Waals surface area contributed by atoms with E-state index in [2.05, 4.69) is 17.4 Å². The van der Waals surface area contributed by atoms with Crippen LogP contribution in [0.1, 0.15) is 36.8 Å². The number of amides is 1. The largest absolute Gasteiger partial charge is 0.480 e. The number of carbonyl (C=O) groups is 2. The maximum Gasteiger partial charge on any atom is 0.408 e. The number of carboxylic acids is 1. The van der Waals surface area contributed by atoms with Crippen LogP contribution >= 0.6 is 0 Å². The minimum absolute atomic E-state index is 0. The molecule has 6 nitrogen and oxygen atoms in total. The van der Waals surface area contributed by atoms with Crippen molar-refractivity contribution < 1.29 is 24.9 Å². The Balaban J connectivity index is 0.00000210. The van der Waals surface area contributed by atoms with Crippen molar-refractivity contribution in [2.45, 2.75) is 31.2 Å². The molecule has 2 aliphatic rings. The lowest BCUT2D eigenvalue weighted by atomic mass is 9.96. The number of nitrogens with one attached hydrogen (secondary N) is 1. The number of alkyl carbamates (subject to hydrolysis) is 1. The summed E-state index contributed by atoms with van der Waals surface area (Å²) in [6.07, 6.45) is 0.947. The summed E-state index contributed by atoms with van der Waals surface area (Å²) in [5, 5.41) is 12.0. The zero-order chi connectivity index (χ0) is 18.3. The smallest absolute Gasteiger partial charge is 0.408 e. The number of benzene rings is 2. The van der Waals surface area contributed by atoms with Crippen molar-refractivity contribution in [1.29, 1.82) is 0 Å². The average Bonchev–Trinajstić information content (AvgIpc) is 3.44. The quantitative estimate of drug-likeness (QED) is 0.845. The maximum atomic E-state index is 12.3. The summed E-state index contributed by atoms with van der Waals surface area (Å²) in [6.45, 7) is 1.73. The molecule has 142 valence electrons. The van der Waals surface area contributed by atoms with E-state index in [1.165, 1.54) is 0 Å². The predicted molar refractivity (Wildman–Crippen MR) is 101 cm³/mol. The lowest BCUT2D eigenvalue weighted by Crippen LogP contribution is -2.54. The highest BCUT2D eigenvalue weighted by atomic mass is 16.5. The summed E-state index contributed by atoms with van der Waals surface area (Å²) in [4.78, 5) is 23.8. The Labute approximate surface area is 157 Å². The molecule has 0 aliphatic heterocycles. The Morgan fingerprint density at radius 3 is 2.07 bits per heavy atom. The molecule has 2 aromatic rings. The van der Waals surface area contributed by atoms with E-state index in [-0.39, 0.29) is 23.9 Å². The van der Waals surface area contributed by atoms with Crippen molar-refractivity contribution in [2.24, 2.45) is 5.92 Å². The van der Waals surface area contributed by atoms with Gasteiger partial charge in [0.1, 0.15) is 12.1 Å². The Hall–Kier alpha value is -2.86. The summed E-state index contributed by atoms with van der Waals surface area (Å²) in [5.74, 6) is -1.08. The first kappa shape index (κ1) is 18.9. The highest BCUT2D eigenvalue weighted by Gasteiger charge is 2.49. The third kappa shape index (κ3) is 3.28. The van der Waals surface area contributed by atoms with Crippen molar-refractivity contribution in [3.63, 3.8) is 0 Å². The lowest BCUT2D eigenvalue weighted by molar-refractivity contribution is -0.144. The number of ether oxygens (including phenoxy) is 1. The Morgan fingerprint density at radius 2 is 1.59 bits per heavy atom. The normalized spacial score (nSPS) is 17.1. The fraction of sp³-hybridized carbons (Fsp3) is 0.333. The van der Waals surface area contributed by atoms with Gasteiger partial charge in [-0.1, -0.05) is 48.5 Å². The van der Waals surface area contributed by atoms with Crippen LogP contribution in [0.15, 0.2) is 48.5 Å². The topological polar surface area (TPSA) is 107 Å². The fourth-order valence-corrected chi connectivity index (χ4v) is 3.84. The predicted octanol–water partition coefficient (Wildman–Crippen LogP) is 2.95. The van der Waals surface area contributed by atoms with Crippen LogP contribution < -0.4 is 5.32 Å². The summed E-state index contributed by atoms with van der Waals surface area (Å²) >= 11 is 0. The van der Waals surface area contributed by atoms with E-state index in [9.17, 15) is 14.7 Å². The van der Waals surface area contributed by atoms with Crippen molar-refractivity contribution >= 4 is 12.1 Å². The van der Waals surface area contributed by atoms with Gasteiger partial charge in [-0.25, -0.2) is 9.59 Å². The van der Waals surface area contributed by atoms with Crippen LogP contribution in [0.4, 0.5) is 4.79 Å². The second-order valence-electron chi connectivity index (χ2n) is 7.23. The molecule has 4 rings (SSSR count). The first-order valence-corrected chi connectivity index (χ1v) is 8.87. The summed E-state index contributed by atoms with van der Waals surface area (Å²) in [7, 11) is 0. The van der Waals surface area contributed by atoms with Gasteiger partial charge in [0.2, 0.25) is 0 Å². The SMILES string of the molecule is CC(NC(=O)OCC1c2ccccc2-c2ccccc21)(C(=O)O)C1CC1.O. The molecular formula is C21H23NO5. The van der Waals surface area contributed by atoms with Crippen molar-refractivity contribution in [3.8, 4) is 11.1 Å². The zero-order valence-electron chi connectivity index (χ0n) is 15.1. The minimum atomic E-state index is -1.26. The van der Waals surface area contributed by atoms with Gasteiger partial charge >= 0.3 is 12.1 Å². The molecule has 0 bridgehead atoms. The van der Waals surface area contributed by atoms with E-state index in [0.29, 0.717) is 0 Å². The first-order valence-electron chi connectivity index (χ1n) is 8.87. The number of carbonyl (C=O) groups excluding carboxylic acids is 1. The molecule has 1 fully saturated rings. The molecule has 2 aliphatic carbocycles.